The summed E-state index contributed by atoms with van der Waals surface area (Å²) in [6.45, 7) is 5.45. The van der Waals surface area contributed by atoms with E-state index in [1.807, 2.05) is 0 Å². The Kier molecular flexibility index (Phi) is 2.63. The summed E-state index contributed by atoms with van der Waals surface area (Å²) in [5.74, 6) is 0.757. The van der Waals surface area contributed by atoms with Crippen molar-refractivity contribution in [3.63, 3.8) is 0 Å². The Morgan fingerprint density at radius 1 is 1.50 bits per heavy atom. The second-order valence-electron chi connectivity index (χ2n) is 3.92. The first kappa shape index (κ1) is 8.48. The lowest BCUT2D eigenvalue weighted by Gasteiger charge is -2.33. The summed E-state index contributed by atoms with van der Waals surface area (Å²) in [7, 11) is 2.18. The highest BCUT2D eigenvalue weighted by Crippen LogP contribution is 2.18. The molecule has 12 heavy (non-hydrogen) atoms. The van der Waals surface area contributed by atoms with Crippen LogP contribution >= 0.6 is 0 Å². The number of likely N-dealkylation sites (N-methyl/N-ethyl adjacent to an activating group) is 1. The highest BCUT2D eigenvalue weighted by atomic mass is 16.5. The molecule has 2 aliphatic heterocycles. The van der Waals surface area contributed by atoms with E-state index >= 15 is 0 Å². The van der Waals surface area contributed by atoms with Crippen LogP contribution in [-0.2, 0) is 4.74 Å². The van der Waals surface area contributed by atoms with E-state index in [1.165, 1.54) is 13.0 Å². The van der Waals surface area contributed by atoms with Gasteiger partial charge in [-0.25, -0.2) is 0 Å². The molecule has 0 radical (unpaired) electrons. The molecule has 0 spiro atoms. The first-order valence-electron chi connectivity index (χ1n) is 4.87. The normalized spacial score (nSPS) is 38.8. The van der Waals surface area contributed by atoms with Gasteiger partial charge < -0.3 is 15.0 Å². The molecule has 2 rings (SSSR count). The summed E-state index contributed by atoms with van der Waals surface area (Å²) in [5.41, 5.74) is 0. The van der Waals surface area contributed by atoms with Crippen LogP contribution in [-0.4, -0.2) is 50.8 Å². The quantitative estimate of drug-likeness (QED) is 0.596. The van der Waals surface area contributed by atoms with Crippen LogP contribution in [0.25, 0.3) is 0 Å². The minimum atomic E-state index is 0.485. The standard InChI is InChI=1S/C9H18N2O/c1-11-4-5-12-9(7-11)8-2-3-10-6-8/h8-10H,2-7H2,1H3. The van der Waals surface area contributed by atoms with E-state index in [1.54, 1.807) is 0 Å². The van der Waals surface area contributed by atoms with Crippen LogP contribution in [0.2, 0.25) is 0 Å². The van der Waals surface area contributed by atoms with Crippen molar-refractivity contribution >= 4 is 0 Å². The summed E-state index contributed by atoms with van der Waals surface area (Å²) >= 11 is 0. The van der Waals surface area contributed by atoms with Crippen molar-refractivity contribution in [2.75, 3.05) is 39.8 Å². The fraction of sp³-hybridized carbons (Fsp3) is 1.00. The predicted molar refractivity (Wildman–Crippen MR) is 48.2 cm³/mol. The Balaban J connectivity index is 1.85. The topological polar surface area (TPSA) is 24.5 Å². The van der Waals surface area contributed by atoms with Crippen molar-refractivity contribution in [3.8, 4) is 0 Å². The molecular formula is C9H18N2O. The highest BCUT2D eigenvalue weighted by molar-refractivity contribution is 4.82. The van der Waals surface area contributed by atoms with Crippen molar-refractivity contribution in [2.45, 2.75) is 12.5 Å². The SMILES string of the molecule is CN1CCOC(C2CCNC2)C1. The largest absolute Gasteiger partial charge is 0.375 e. The van der Waals surface area contributed by atoms with E-state index in [0.717, 1.165) is 32.2 Å². The number of morpholine rings is 1. The molecule has 0 bridgehead atoms. The summed E-state index contributed by atoms with van der Waals surface area (Å²) in [6, 6.07) is 0. The Bertz CT molecular complexity index is 145. The smallest absolute Gasteiger partial charge is 0.0743 e. The molecule has 1 N–H and O–H groups in total. The van der Waals surface area contributed by atoms with E-state index < -0.39 is 0 Å². The molecule has 3 nitrogen and oxygen atoms in total. The zero-order valence-corrected chi connectivity index (χ0v) is 7.75. The van der Waals surface area contributed by atoms with Gasteiger partial charge in [0.1, 0.15) is 0 Å². The minimum Gasteiger partial charge on any atom is -0.375 e. The second kappa shape index (κ2) is 3.73. The monoisotopic (exact) mass is 170 g/mol. The fourth-order valence-corrected chi connectivity index (χ4v) is 2.09. The summed E-state index contributed by atoms with van der Waals surface area (Å²) in [6.07, 6.45) is 1.78. The third kappa shape index (κ3) is 1.79. The molecule has 0 aromatic rings. The summed E-state index contributed by atoms with van der Waals surface area (Å²) < 4.78 is 5.75. The van der Waals surface area contributed by atoms with Crippen LogP contribution in [0.15, 0.2) is 0 Å². The Labute approximate surface area is 74.1 Å². The third-order valence-electron chi connectivity index (χ3n) is 2.92. The average molecular weight is 170 g/mol. The van der Waals surface area contributed by atoms with Crippen LogP contribution in [0.3, 0.4) is 0 Å². The van der Waals surface area contributed by atoms with Gasteiger partial charge in [0, 0.05) is 25.6 Å². The number of hydrogen-bond donors (Lipinski definition) is 1. The molecule has 0 aliphatic carbocycles. The number of nitrogens with zero attached hydrogens (tertiary/aromatic N) is 1. The molecule has 3 heteroatoms. The van der Waals surface area contributed by atoms with E-state index in [2.05, 4.69) is 17.3 Å². The van der Waals surface area contributed by atoms with Gasteiger partial charge >= 0.3 is 0 Å². The van der Waals surface area contributed by atoms with Gasteiger partial charge in [0.2, 0.25) is 0 Å². The number of hydrogen-bond acceptors (Lipinski definition) is 3. The van der Waals surface area contributed by atoms with Gasteiger partial charge in [0.05, 0.1) is 12.7 Å². The van der Waals surface area contributed by atoms with Gasteiger partial charge in [-0.3, -0.25) is 0 Å². The minimum absolute atomic E-state index is 0.485. The van der Waals surface area contributed by atoms with Crippen LogP contribution in [0, 0.1) is 5.92 Å². The maximum atomic E-state index is 5.75. The van der Waals surface area contributed by atoms with Crippen molar-refractivity contribution < 1.29 is 4.74 Å². The van der Waals surface area contributed by atoms with E-state index in [-0.39, 0.29) is 0 Å². The fourth-order valence-electron chi connectivity index (χ4n) is 2.09. The molecule has 0 aromatic heterocycles. The molecule has 2 heterocycles. The highest BCUT2D eigenvalue weighted by Gasteiger charge is 2.28. The first-order chi connectivity index (χ1) is 5.86. The molecule has 2 saturated heterocycles. The number of ether oxygens (including phenoxy) is 1. The summed E-state index contributed by atoms with van der Waals surface area (Å²) in [4.78, 5) is 2.37. The van der Waals surface area contributed by atoms with Gasteiger partial charge in [0.15, 0.2) is 0 Å². The number of nitrogens with one attached hydrogen (secondary N) is 1. The molecule has 2 atom stereocenters. The molecule has 0 aromatic carbocycles. The molecule has 2 unspecified atom stereocenters. The predicted octanol–water partition coefficient (Wildman–Crippen LogP) is -0.0735. The lowest BCUT2D eigenvalue weighted by Crippen LogP contribution is -2.44. The van der Waals surface area contributed by atoms with Crippen LogP contribution in [0.5, 0.6) is 0 Å². The first-order valence-corrected chi connectivity index (χ1v) is 4.87. The Morgan fingerprint density at radius 2 is 2.42 bits per heavy atom. The van der Waals surface area contributed by atoms with Gasteiger partial charge in [-0.05, 0) is 20.0 Å². The zero-order valence-electron chi connectivity index (χ0n) is 7.75. The Morgan fingerprint density at radius 3 is 3.08 bits per heavy atom. The average Bonchev–Trinajstić information content (AvgIpc) is 2.56. The zero-order chi connectivity index (χ0) is 8.39. The number of rotatable bonds is 1. The second-order valence-corrected chi connectivity index (χ2v) is 3.92. The lowest BCUT2D eigenvalue weighted by atomic mass is 10.0. The van der Waals surface area contributed by atoms with Crippen molar-refractivity contribution in [3.05, 3.63) is 0 Å². The van der Waals surface area contributed by atoms with Crippen LogP contribution in [0.4, 0.5) is 0 Å². The molecule has 70 valence electrons. The van der Waals surface area contributed by atoms with Crippen molar-refractivity contribution in [1.29, 1.82) is 0 Å². The van der Waals surface area contributed by atoms with Gasteiger partial charge in [-0.2, -0.15) is 0 Å². The molecule has 0 saturated carbocycles. The van der Waals surface area contributed by atoms with E-state index in [0.29, 0.717) is 6.10 Å². The summed E-state index contributed by atoms with van der Waals surface area (Å²) in [5, 5.41) is 3.39. The lowest BCUT2D eigenvalue weighted by molar-refractivity contribution is -0.0458. The van der Waals surface area contributed by atoms with Gasteiger partial charge in [-0.15, -0.1) is 0 Å². The Hall–Kier alpha value is -0.120. The van der Waals surface area contributed by atoms with Crippen molar-refractivity contribution in [1.82, 2.24) is 10.2 Å². The molecule has 0 amide bonds. The van der Waals surface area contributed by atoms with E-state index in [4.69, 9.17) is 4.74 Å². The van der Waals surface area contributed by atoms with Crippen molar-refractivity contribution in [2.24, 2.45) is 5.92 Å². The third-order valence-corrected chi connectivity index (χ3v) is 2.92. The maximum absolute atomic E-state index is 5.75. The van der Waals surface area contributed by atoms with Crippen LogP contribution < -0.4 is 5.32 Å². The van der Waals surface area contributed by atoms with E-state index in [9.17, 15) is 0 Å². The van der Waals surface area contributed by atoms with Crippen LogP contribution in [0.1, 0.15) is 6.42 Å². The molecule has 2 fully saturated rings. The molecule has 2 aliphatic rings. The van der Waals surface area contributed by atoms with Gasteiger partial charge in [-0.1, -0.05) is 0 Å². The molecular weight excluding hydrogens is 152 g/mol. The maximum Gasteiger partial charge on any atom is 0.0743 e. The van der Waals surface area contributed by atoms with Gasteiger partial charge in [0.25, 0.3) is 0 Å².